The Morgan fingerprint density at radius 3 is 2.34 bits per heavy atom. The number of hydrogen-bond acceptors (Lipinski definition) is 6. The van der Waals surface area contributed by atoms with Crippen molar-refractivity contribution in [3.63, 3.8) is 0 Å². The van der Waals surface area contributed by atoms with Crippen LogP contribution in [0.25, 0.3) is 33.7 Å². The normalized spacial score (nSPS) is 11.6. The minimum Gasteiger partial charge on any atom is -0.318 e. The van der Waals surface area contributed by atoms with Crippen molar-refractivity contribution in [1.29, 1.82) is 0 Å². The zero-order valence-corrected chi connectivity index (χ0v) is 20.1. The molecule has 3 heterocycles. The van der Waals surface area contributed by atoms with E-state index in [9.17, 15) is 9.59 Å². The maximum atomic E-state index is 13.1. The van der Waals surface area contributed by atoms with Crippen molar-refractivity contribution in [3.05, 3.63) is 80.8 Å². The number of rotatable bonds is 6. The molecule has 0 bridgehead atoms. The van der Waals surface area contributed by atoms with Crippen molar-refractivity contribution in [2.45, 2.75) is 33.9 Å². The first-order valence-electron chi connectivity index (χ1n) is 11.4. The van der Waals surface area contributed by atoms with Gasteiger partial charge in [-0.05, 0) is 40.0 Å². The Kier molecular flexibility index (Phi) is 5.64. The number of nitrogens with zero attached hydrogens (tertiary/aromatic N) is 7. The van der Waals surface area contributed by atoms with Crippen LogP contribution in [-0.4, -0.2) is 39.3 Å². The molecule has 5 aromatic rings. The highest BCUT2D eigenvalue weighted by molar-refractivity contribution is 5.80. The molecule has 1 N–H and O–H groups in total. The number of aryl methyl sites for hydroxylation is 1. The number of aromatic amines is 1. The Morgan fingerprint density at radius 2 is 1.69 bits per heavy atom. The van der Waals surface area contributed by atoms with Gasteiger partial charge < -0.3 is 4.57 Å². The first-order valence-corrected chi connectivity index (χ1v) is 11.4. The van der Waals surface area contributed by atoms with Crippen molar-refractivity contribution < 1.29 is 0 Å². The summed E-state index contributed by atoms with van der Waals surface area (Å²) in [5, 5.41) is 14.2. The second kappa shape index (κ2) is 8.79. The minimum atomic E-state index is -0.342. The highest BCUT2D eigenvalue weighted by atomic mass is 16.2. The molecule has 0 saturated carbocycles. The number of H-pyrrole nitrogens is 1. The van der Waals surface area contributed by atoms with Crippen LogP contribution in [0.2, 0.25) is 0 Å². The van der Waals surface area contributed by atoms with Gasteiger partial charge >= 0.3 is 5.69 Å². The first-order chi connectivity index (χ1) is 16.8. The van der Waals surface area contributed by atoms with Crippen LogP contribution in [0.3, 0.4) is 0 Å². The van der Waals surface area contributed by atoms with Crippen LogP contribution in [0.15, 0.2) is 58.1 Å². The lowest BCUT2D eigenvalue weighted by atomic mass is 9.98. The van der Waals surface area contributed by atoms with Gasteiger partial charge in [0.15, 0.2) is 17.0 Å². The van der Waals surface area contributed by atoms with Crippen molar-refractivity contribution in [2.75, 3.05) is 0 Å². The van der Waals surface area contributed by atoms with Crippen LogP contribution >= 0.6 is 0 Å². The average Bonchev–Trinajstić information content (AvgIpc) is 3.50. The fourth-order valence-electron chi connectivity index (χ4n) is 4.38. The molecule has 0 spiro atoms. The van der Waals surface area contributed by atoms with E-state index in [1.54, 1.807) is 4.57 Å². The number of nitrogens with one attached hydrogen (secondary N) is 1. The molecule has 0 amide bonds. The van der Waals surface area contributed by atoms with Gasteiger partial charge in [-0.25, -0.2) is 14.9 Å². The molecule has 10 nitrogen and oxygen atoms in total. The second-order valence-electron chi connectivity index (χ2n) is 9.06. The molecule has 2 aromatic carbocycles. The summed E-state index contributed by atoms with van der Waals surface area (Å²) in [4.78, 5) is 30.5. The van der Waals surface area contributed by atoms with E-state index in [-0.39, 0.29) is 17.2 Å². The van der Waals surface area contributed by atoms with Gasteiger partial charge in [-0.2, -0.15) is 0 Å². The number of imidazole rings is 1. The fourth-order valence-corrected chi connectivity index (χ4v) is 4.38. The Hall–Kier alpha value is -4.34. The molecule has 0 aliphatic heterocycles. The predicted molar refractivity (Wildman–Crippen MR) is 133 cm³/mol. The SMILES string of the molecule is Cc1nc2c(c(=O)n(C)c(=O)n2CC(C)C)n1Cc1ccc(-c2ccccc2-c2nnn[nH]2)cc1. The van der Waals surface area contributed by atoms with Crippen molar-refractivity contribution in [1.82, 2.24) is 39.3 Å². The zero-order valence-electron chi connectivity index (χ0n) is 20.1. The topological polar surface area (TPSA) is 116 Å². The summed E-state index contributed by atoms with van der Waals surface area (Å²) < 4.78 is 4.65. The van der Waals surface area contributed by atoms with Crippen LogP contribution in [-0.2, 0) is 20.1 Å². The summed E-state index contributed by atoms with van der Waals surface area (Å²) in [6, 6.07) is 16.1. The number of aromatic nitrogens is 8. The monoisotopic (exact) mass is 470 g/mol. The minimum absolute atomic E-state index is 0.238. The quantitative estimate of drug-likeness (QED) is 0.408. The number of hydrogen-bond donors (Lipinski definition) is 1. The van der Waals surface area contributed by atoms with E-state index in [0.717, 1.165) is 22.3 Å². The molecular weight excluding hydrogens is 444 g/mol. The first kappa shape index (κ1) is 22.5. The van der Waals surface area contributed by atoms with E-state index >= 15 is 0 Å². The molecule has 0 radical (unpaired) electrons. The fraction of sp³-hybridized carbons (Fsp3) is 0.280. The average molecular weight is 471 g/mol. The number of benzene rings is 2. The second-order valence-corrected chi connectivity index (χ2v) is 9.06. The summed E-state index contributed by atoms with van der Waals surface area (Å²) >= 11 is 0. The summed E-state index contributed by atoms with van der Waals surface area (Å²) in [5.74, 6) is 1.53. The molecule has 0 atom stereocenters. The molecule has 0 saturated heterocycles. The van der Waals surface area contributed by atoms with E-state index in [4.69, 9.17) is 0 Å². The van der Waals surface area contributed by atoms with Gasteiger partial charge in [0.2, 0.25) is 0 Å². The molecule has 0 fully saturated rings. The molecule has 178 valence electrons. The molecule has 3 aromatic heterocycles. The third-order valence-corrected chi connectivity index (χ3v) is 6.10. The highest BCUT2D eigenvalue weighted by Gasteiger charge is 2.19. The molecule has 10 heteroatoms. The van der Waals surface area contributed by atoms with E-state index in [1.807, 2.05) is 73.9 Å². The van der Waals surface area contributed by atoms with Crippen molar-refractivity contribution >= 4 is 11.2 Å². The van der Waals surface area contributed by atoms with Gasteiger partial charge in [0.05, 0.1) is 0 Å². The van der Waals surface area contributed by atoms with Crippen LogP contribution in [0, 0.1) is 12.8 Å². The molecule has 0 aliphatic rings. The zero-order chi connectivity index (χ0) is 24.7. The summed E-state index contributed by atoms with van der Waals surface area (Å²) in [5.41, 5.74) is 4.16. The largest absolute Gasteiger partial charge is 0.332 e. The van der Waals surface area contributed by atoms with Gasteiger partial charge in [-0.15, -0.1) is 5.10 Å². The summed E-state index contributed by atoms with van der Waals surface area (Å²) in [7, 11) is 1.52. The van der Waals surface area contributed by atoms with Crippen LogP contribution in [0.1, 0.15) is 25.2 Å². The molecule has 5 rings (SSSR count). The molecular formula is C25H26N8O2. The Balaban J connectivity index is 1.54. The van der Waals surface area contributed by atoms with Gasteiger partial charge in [0.25, 0.3) is 5.56 Å². The van der Waals surface area contributed by atoms with E-state index in [0.29, 0.717) is 35.9 Å². The number of fused-ring (bicyclic) bond motifs is 1. The highest BCUT2D eigenvalue weighted by Crippen LogP contribution is 2.30. The predicted octanol–water partition coefficient (Wildman–Crippen LogP) is 2.76. The lowest BCUT2D eigenvalue weighted by Gasteiger charge is -2.12. The van der Waals surface area contributed by atoms with E-state index < -0.39 is 0 Å². The van der Waals surface area contributed by atoms with Crippen molar-refractivity contribution in [3.8, 4) is 22.5 Å². The smallest absolute Gasteiger partial charge is 0.318 e. The molecule has 0 aliphatic carbocycles. The Morgan fingerprint density at radius 1 is 0.971 bits per heavy atom. The summed E-state index contributed by atoms with van der Waals surface area (Å²) in [6.07, 6.45) is 0. The maximum Gasteiger partial charge on any atom is 0.332 e. The Bertz CT molecular complexity index is 1620. The molecule has 35 heavy (non-hydrogen) atoms. The van der Waals surface area contributed by atoms with Gasteiger partial charge in [0.1, 0.15) is 5.82 Å². The van der Waals surface area contributed by atoms with Crippen LogP contribution in [0.5, 0.6) is 0 Å². The molecule has 0 unspecified atom stereocenters. The van der Waals surface area contributed by atoms with Gasteiger partial charge in [0, 0.05) is 25.7 Å². The van der Waals surface area contributed by atoms with E-state index in [1.165, 1.54) is 11.6 Å². The Labute approximate surface area is 200 Å². The van der Waals surface area contributed by atoms with Crippen LogP contribution < -0.4 is 11.2 Å². The standard InChI is InChI=1S/C25H26N8O2/c1-15(2)13-33-23-21(24(34)31(4)25(33)35)32(16(3)26-23)14-17-9-11-18(12-10-17)19-7-5-6-8-20(19)22-27-29-30-28-22/h5-12,15H,13-14H2,1-4H3,(H,27,28,29,30). The number of tetrazole rings is 1. The third kappa shape index (κ3) is 3.96. The van der Waals surface area contributed by atoms with Gasteiger partial charge in [-0.1, -0.05) is 62.4 Å². The van der Waals surface area contributed by atoms with E-state index in [2.05, 4.69) is 25.6 Å². The lowest BCUT2D eigenvalue weighted by molar-refractivity contribution is 0.500. The third-order valence-electron chi connectivity index (χ3n) is 6.10. The summed E-state index contributed by atoms with van der Waals surface area (Å²) in [6.45, 7) is 6.89. The van der Waals surface area contributed by atoms with Crippen molar-refractivity contribution in [2.24, 2.45) is 13.0 Å². The maximum absolute atomic E-state index is 13.1. The van der Waals surface area contributed by atoms with Crippen LogP contribution in [0.4, 0.5) is 0 Å². The lowest BCUT2D eigenvalue weighted by Crippen LogP contribution is -2.39. The van der Waals surface area contributed by atoms with Gasteiger partial charge in [-0.3, -0.25) is 13.9 Å².